The van der Waals surface area contributed by atoms with E-state index >= 15 is 0 Å². The summed E-state index contributed by atoms with van der Waals surface area (Å²) in [5, 5.41) is 2.69. The van der Waals surface area contributed by atoms with Crippen molar-refractivity contribution in [3.8, 4) is 6.57 Å². The van der Waals surface area contributed by atoms with E-state index in [9.17, 15) is 9.59 Å². The van der Waals surface area contributed by atoms with Crippen LogP contribution in [0.25, 0.3) is 4.85 Å². The van der Waals surface area contributed by atoms with Crippen LogP contribution >= 0.6 is 0 Å². The Morgan fingerprint density at radius 2 is 1.68 bits per heavy atom. The van der Waals surface area contributed by atoms with E-state index in [0.717, 1.165) is 57.8 Å². The van der Waals surface area contributed by atoms with E-state index in [2.05, 4.69) is 24.0 Å². The second-order valence-corrected chi connectivity index (χ2v) is 6.01. The predicted molar refractivity (Wildman–Crippen MR) is 90.8 cm³/mol. The summed E-state index contributed by atoms with van der Waals surface area (Å²) in [4.78, 5) is 25.9. The number of nitrogens with two attached hydrogens (primary N) is 1. The van der Waals surface area contributed by atoms with Crippen molar-refractivity contribution in [3.63, 3.8) is 0 Å². The number of hydrogen-bond acceptors (Lipinski definition) is 2. The van der Waals surface area contributed by atoms with Crippen LogP contribution in [0.1, 0.15) is 71.6 Å². The molecule has 0 saturated carbocycles. The van der Waals surface area contributed by atoms with Crippen molar-refractivity contribution in [1.29, 1.82) is 0 Å². The smallest absolute Gasteiger partial charge is 0.369 e. The highest BCUT2D eigenvalue weighted by atomic mass is 16.2. The second kappa shape index (κ2) is 13.1. The molecule has 0 radical (unpaired) electrons. The molecular formula is C17H32N3O2+. The number of rotatable bonds is 13. The number of urea groups is 1. The summed E-state index contributed by atoms with van der Waals surface area (Å²) >= 11 is 0. The molecule has 2 atom stereocenters. The maximum Gasteiger partial charge on any atom is 0.597 e. The van der Waals surface area contributed by atoms with Crippen LogP contribution in [-0.4, -0.2) is 18.5 Å². The van der Waals surface area contributed by atoms with Gasteiger partial charge in [0.05, 0.1) is 6.54 Å². The molecule has 0 spiro atoms. The second-order valence-electron chi connectivity index (χ2n) is 6.01. The topological polar surface area (TPSA) is 76.6 Å². The molecule has 5 heteroatoms. The van der Waals surface area contributed by atoms with Gasteiger partial charge in [-0.3, -0.25) is 4.79 Å². The first-order valence-electron chi connectivity index (χ1n) is 8.53. The van der Waals surface area contributed by atoms with Crippen LogP contribution in [0.2, 0.25) is 0 Å². The molecule has 3 amide bonds. The van der Waals surface area contributed by atoms with E-state index in [4.69, 9.17) is 12.3 Å². The third kappa shape index (κ3) is 10.2. The molecule has 0 aromatic rings. The van der Waals surface area contributed by atoms with Gasteiger partial charge in [0.15, 0.2) is 0 Å². The molecule has 0 aliphatic rings. The maximum atomic E-state index is 11.6. The van der Waals surface area contributed by atoms with Gasteiger partial charge < -0.3 is 5.73 Å². The number of amides is 3. The zero-order valence-electron chi connectivity index (χ0n) is 14.1. The number of carbonyl (C=O) groups excluding carboxylic acids is 2. The monoisotopic (exact) mass is 310 g/mol. The number of nitrogens with zero attached hydrogens (tertiary/aromatic N) is 1. The van der Waals surface area contributed by atoms with Crippen LogP contribution in [-0.2, 0) is 4.79 Å². The normalized spacial score (nSPS) is 13.1. The minimum Gasteiger partial charge on any atom is -0.369 e. The summed E-state index contributed by atoms with van der Waals surface area (Å²) in [5.41, 5.74) is 5.54. The van der Waals surface area contributed by atoms with Crippen molar-refractivity contribution in [2.24, 2.45) is 17.6 Å². The lowest BCUT2D eigenvalue weighted by atomic mass is 9.86. The molecule has 0 fully saturated rings. The molecule has 2 unspecified atom stereocenters. The fourth-order valence-corrected chi connectivity index (χ4v) is 2.68. The Hall–Kier alpha value is -1.57. The average molecular weight is 310 g/mol. The Bertz CT molecular complexity index is 363. The van der Waals surface area contributed by atoms with Gasteiger partial charge in [-0.2, -0.15) is 4.79 Å². The van der Waals surface area contributed by atoms with Crippen molar-refractivity contribution in [2.75, 3.05) is 6.54 Å². The van der Waals surface area contributed by atoms with Gasteiger partial charge in [-0.05, 0) is 25.2 Å². The molecule has 0 rings (SSSR count). The highest BCUT2D eigenvalue weighted by molar-refractivity contribution is 5.84. The number of primary amides is 1. The zero-order chi connectivity index (χ0) is 16.8. The third-order valence-corrected chi connectivity index (χ3v) is 4.05. The van der Waals surface area contributed by atoms with Gasteiger partial charge in [-0.1, -0.05) is 52.4 Å². The lowest BCUT2D eigenvalue weighted by Crippen LogP contribution is -2.31. The van der Waals surface area contributed by atoms with Gasteiger partial charge in [0, 0.05) is 5.92 Å². The van der Waals surface area contributed by atoms with E-state index in [1.54, 1.807) is 0 Å². The summed E-state index contributed by atoms with van der Waals surface area (Å²) in [6, 6.07) is -0.512. The quantitative estimate of drug-likeness (QED) is 0.506. The first kappa shape index (κ1) is 20.4. The van der Waals surface area contributed by atoms with Crippen LogP contribution in [0.4, 0.5) is 4.79 Å². The third-order valence-electron chi connectivity index (χ3n) is 4.05. The largest absolute Gasteiger partial charge is 0.597 e. The van der Waals surface area contributed by atoms with Gasteiger partial charge in [-0.15, -0.1) is 4.85 Å². The van der Waals surface area contributed by atoms with Crippen LogP contribution in [0.15, 0.2) is 0 Å². The van der Waals surface area contributed by atoms with Crippen LogP contribution in [0.3, 0.4) is 0 Å². The lowest BCUT2D eigenvalue weighted by molar-refractivity contribution is -0.122. The van der Waals surface area contributed by atoms with Crippen molar-refractivity contribution in [2.45, 2.75) is 71.6 Å². The molecule has 0 aromatic carbocycles. The molecule has 0 heterocycles. The number of carbonyl (C=O) groups is 2. The van der Waals surface area contributed by atoms with Crippen molar-refractivity contribution in [1.82, 2.24) is 5.32 Å². The molecule has 0 bridgehead atoms. The maximum absolute atomic E-state index is 11.6. The van der Waals surface area contributed by atoms with Gasteiger partial charge >= 0.3 is 6.03 Å². The first-order chi connectivity index (χ1) is 10.5. The first-order valence-corrected chi connectivity index (χ1v) is 8.53. The average Bonchev–Trinajstić information content (AvgIpc) is 2.50. The molecule has 22 heavy (non-hydrogen) atoms. The van der Waals surface area contributed by atoms with Crippen LogP contribution in [0.5, 0.6) is 0 Å². The molecule has 0 aliphatic heterocycles. The van der Waals surface area contributed by atoms with E-state index in [1.165, 1.54) is 0 Å². The summed E-state index contributed by atoms with van der Waals surface area (Å²) < 4.78 is 0. The van der Waals surface area contributed by atoms with E-state index in [-0.39, 0.29) is 17.7 Å². The van der Waals surface area contributed by atoms with E-state index in [0.29, 0.717) is 6.54 Å². The number of nitrogens with one attached hydrogen (secondary N) is 1. The summed E-state index contributed by atoms with van der Waals surface area (Å²) in [6.45, 7) is 9.74. The van der Waals surface area contributed by atoms with Gasteiger partial charge in [0.2, 0.25) is 5.91 Å². The highest BCUT2D eigenvalue weighted by Gasteiger charge is 2.23. The van der Waals surface area contributed by atoms with Gasteiger partial charge in [-0.25, -0.2) is 5.32 Å². The summed E-state index contributed by atoms with van der Waals surface area (Å²) in [7, 11) is 0. The SMILES string of the molecule is C#[N+]C(=O)NCC(CCCCC)CC(CCCCC)C(N)=O. The van der Waals surface area contributed by atoms with Crippen molar-refractivity contribution < 1.29 is 9.59 Å². The Morgan fingerprint density at radius 3 is 2.18 bits per heavy atom. The molecule has 0 aliphatic carbocycles. The lowest BCUT2D eigenvalue weighted by Gasteiger charge is -2.20. The van der Waals surface area contributed by atoms with Gasteiger partial charge in [0.1, 0.15) is 6.57 Å². The molecule has 0 aromatic heterocycles. The molecule has 0 saturated heterocycles. The molecule has 5 nitrogen and oxygen atoms in total. The van der Waals surface area contributed by atoms with E-state index in [1.807, 2.05) is 0 Å². The van der Waals surface area contributed by atoms with Crippen molar-refractivity contribution >= 4 is 11.9 Å². The van der Waals surface area contributed by atoms with Crippen LogP contribution < -0.4 is 11.1 Å². The Balaban J connectivity index is 4.49. The minimum atomic E-state index is -0.512. The van der Waals surface area contributed by atoms with E-state index < -0.39 is 6.03 Å². The molecular weight excluding hydrogens is 278 g/mol. The minimum absolute atomic E-state index is 0.107. The fourth-order valence-electron chi connectivity index (χ4n) is 2.68. The summed E-state index contributed by atoms with van der Waals surface area (Å²) in [5.74, 6) is -0.0901. The van der Waals surface area contributed by atoms with Crippen molar-refractivity contribution in [3.05, 3.63) is 4.85 Å². The number of unbranched alkanes of at least 4 members (excludes halogenated alkanes) is 4. The Morgan fingerprint density at radius 1 is 1.09 bits per heavy atom. The number of hydrogen-bond donors (Lipinski definition) is 2. The highest BCUT2D eigenvalue weighted by Crippen LogP contribution is 2.23. The molecule has 3 N–H and O–H groups in total. The van der Waals surface area contributed by atoms with Crippen LogP contribution in [0, 0.1) is 18.4 Å². The predicted octanol–water partition coefficient (Wildman–Crippen LogP) is 3.93. The molecule has 126 valence electrons. The fraction of sp³-hybridized carbons (Fsp3) is 0.824. The summed E-state index contributed by atoms with van der Waals surface area (Å²) in [6.07, 6.45) is 9.21. The Labute approximate surface area is 134 Å². The standard InChI is InChI=1S/C17H31N3O2/c1-4-6-8-10-14(13-20-17(22)19-3)12-15(16(18)21)11-9-7-5-2/h3,14-15H,4-13H2,1-2H3,(H2-,18,20,21,22)/p+1. The zero-order valence-corrected chi connectivity index (χ0v) is 14.1. The Kier molecular flexibility index (Phi) is 12.2. The van der Waals surface area contributed by atoms with Gasteiger partial charge in [0.25, 0.3) is 0 Å².